The lowest BCUT2D eigenvalue weighted by Crippen LogP contribution is -2.41. The van der Waals surface area contributed by atoms with Crippen LogP contribution < -0.4 is 10.1 Å². The van der Waals surface area contributed by atoms with E-state index in [1.165, 1.54) is 12.8 Å². The Bertz CT molecular complexity index is 642. The van der Waals surface area contributed by atoms with E-state index in [1.54, 1.807) is 0 Å². The minimum absolute atomic E-state index is 0.405. The van der Waals surface area contributed by atoms with Crippen molar-refractivity contribution in [1.29, 1.82) is 0 Å². The molecule has 3 rings (SSSR count). The Balaban J connectivity index is 1.58. The molecule has 24 heavy (non-hydrogen) atoms. The molecule has 3 nitrogen and oxygen atoms in total. The summed E-state index contributed by atoms with van der Waals surface area (Å²) in [6.07, 6.45) is 3.94. The van der Waals surface area contributed by atoms with Crippen LogP contribution in [-0.2, 0) is 0 Å². The predicted octanol–water partition coefficient (Wildman–Crippen LogP) is 5.20. The average Bonchev–Trinajstić information content (AvgIpc) is 2.57. The smallest absolute Gasteiger partial charge is 0.127 e. The second-order valence-corrected chi connectivity index (χ2v) is 7.49. The van der Waals surface area contributed by atoms with Gasteiger partial charge in [-0.15, -0.1) is 0 Å². The summed E-state index contributed by atoms with van der Waals surface area (Å²) < 4.78 is 6.84. The van der Waals surface area contributed by atoms with Crippen LogP contribution in [0, 0.1) is 0 Å². The van der Waals surface area contributed by atoms with Gasteiger partial charge < -0.3 is 15.2 Å². The molecule has 1 heterocycles. The third kappa shape index (κ3) is 4.82. The summed E-state index contributed by atoms with van der Waals surface area (Å²) in [5, 5.41) is 14.1. The van der Waals surface area contributed by atoms with E-state index in [0.717, 1.165) is 34.4 Å². The highest BCUT2D eigenvalue weighted by molar-refractivity contribution is 9.10. The van der Waals surface area contributed by atoms with Gasteiger partial charge in [-0.3, -0.25) is 0 Å². The fourth-order valence-corrected chi connectivity index (χ4v) is 3.49. The molecule has 0 amide bonds. The Hall–Kier alpha value is -1.36. The van der Waals surface area contributed by atoms with Crippen LogP contribution in [0.25, 0.3) is 0 Å². The van der Waals surface area contributed by atoms with Crippen molar-refractivity contribution < 1.29 is 9.84 Å². The van der Waals surface area contributed by atoms with Crippen LogP contribution >= 0.6 is 15.9 Å². The van der Waals surface area contributed by atoms with Gasteiger partial charge in [0, 0.05) is 16.6 Å². The minimum atomic E-state index is -0.436. The van der Waals surface area contributed by atoms with Gasteiger partial charge in [-0.05, 0) is 68.1 Å². The number of aliphatic hydroxyl groups excluding tert-OH is 1. The number of aliphatic hydroxyl groups is 1. The summed E-state index contributed by atoms with van der Waals surface area (Å²) in [5.74, 6) is 1.57. The highest BCUT2D eigenvalue weighted by atomic mass is 79.9. The molecule has 128 valence electrons. The van der Waals surface area contributed by atoms with Crippen molar-refractivity contribution >= 4 is 15.9 Å². The standard InChI is InChI=1S/C20H24BrNO2/c1-14-3-2-4-17(22-14)13-20(23)15-5-9-18(10-6-15)24-19-11-7-16(21)8-12-19/h5-12,14,17,20,22-23H,2-4,13H2,1H3. The molecule has 4 heteroatoms. The molecule has 2 aromatic rings. The molecule has 2 N–H and O–H groups in total. The molecule has 3 unspecified atom stereocenters. The molecule has 0 bridgehead atoms. The van der Waals surface area contributed by atoms with Gasteiger partial charge in [0.25, 0.3) is 0 Å². The Morgan fingerprint density at radius 1 is 1.08 bits per heavy atom. The number of hydrogen-bond acceptors (Lipinski definition) is 3. The summed E-state index contributed by atoms with van der Waals surface area (Å²) in [4.78, 5) is 0. The molecular formula is C20H24BrNO2. The van der Waals surface area contributed by atoms with Gasteiger partial charge in [0.2, 0.25) is 0 Å². The molecule has 2 aromatic carbocycles. The van der Waals surface area contributed by atoms with Gasteiger partial charge >= 0.3 is 0 Å². The zero-order valence-corrected chi connectivity index (χ0v) is 15.5. The summed E-state index contributed by atoms with van der Waals surface area (Å²) in [6, 6.07) is 16.4. The van der Waals surface area contributed by atoms with Crippen LogP contribution in [0.4, 0.5) is 0 Å². The first-order chi connectivity index (χ1) is 11.6. The Labute approximate surface area is 152 Å². The molecule has 1 saturated heterocycles. The van der Waals surface area contributed by atoms with Gasteiger partial charge in [0.05, 0.1) is 6.10 Å². The average molecular weight is 390 g/mol. The molecule has 3 atom stereocenters. The largest absolute Gasteiger partial charge is 0.457 e. The second kappa shape index (κ2) is 8.15. The number of halogens is 1. The van der Waals surface area contributed by atoms with E-state index >= 15 is 0 Å². The van der Waals surface area contributed by atoms with Gasteiger partial charge in [0.15, 0.2) is 0 Å². The Morgan fingerprint density at radius 3 is 2.33 bits per heavy atom. The minimum Gasteiger partial charge on any atom is -0.457 e. The SMILES string of the molecule is CC1CCCC(CC(O)c2ccc(Oc3ccc(Br)cc3)cc2)N1. The molecule has 0 spiro atoms. The van der Waals surface area contributed by atoms with Crippen LogP contribution in [0.1, 0.15) is 44.3 Å². The van der Waals surface area contributed by atoms with E-state index < -0.39 is 6.10 Å². The first-order valence-electron chi connectivity index (χ1n) is 8.57. The monoisotopic (exact) mass is 389 g/mol. The Morgan fingerprint density at radius 2 is 1.71 bits per heavy atom. The summed E-state index contributed by atoms with van der Waals surface area (Å²) in [6.45, 7) is 2.22. The highest BCUT2D eigenvalue weighted by Crippen LogP contribution is 2.27. The number of ether oxygens (including phenoxy) is 1. The Kier molecular flexibility index (Phi) is 5.93. The number of benzene rings is 2. The van der Waals surface area contributed by atoms with Crippen LogP contribution in [0.15, 0.2) is 53.0 Å². The van der Waals surface area contributed by atoms with Crippen LogP contribution in [0.5, 0.6) is 11.5 Å². The molecule has 0 radical (unpaired) electrons. The number of hydrogen-bond donors (Lipinski definition) is 2. The predicted molar refractivity (Wildman–Crippen MR) is 100 cm³/mol. The number of nitrogens with one attached hydrogen (secondary N) is 1. The lowest BCUT2D eigenvalue weighted by molar-refractivity contribution is 0.139. The summed E-state index contributed by atoms with van der Waals surface area (Å²) in [5.41, 5.74) is 0.943. The van der Waals surface area contributed by atoms with Crippen molar-refractivity contribution in [3.63, 3.8) is 0 Å². The van der Waals surface area contributed by atoms with Gasteiger partial charge in [0.1, 0.15) is 11.5 Å². The first kappa shape index (κ1) is 17.5. The lowest BCUT2D eigenvalue weighted by Gasteiger charge is -2.30. The molecular weight excluding hydrogens is 366 g/mol. The molecule has 1 aliphatic heterocycles. The number of piperidine rings is 1. The van der Waals surface area contributed by atoms with E-state index in [2.05, 4.69) is 28.2 Å². The summed E-state index contributed by atoms with van der Waals surface area (Å²) >= 11 is 3.41. The van der Waals surface area contributed by atoms with E-state index in [0.29, 0.717) is 12.1 Å². The fraction of sp³-hybridized carbons (Fsp3) is 0.400. The van der Waals surface area contributed by atoms with Gasteiger partial charge in [-0.25, -0.2) is 0 Å². The topological polar surface area (TPSA) is 41.5 Å². The van der Waals surface area contributed by atoms with Crippen LogP contribution in [-0.4, -0.2) is 17.2 Å². The van der Waals surface area contributed by atoms with Crippen molar-refractivity contribution in [2.45, 2.75) is 50.8 Å². The van der Waals surface area contributed by atoms with Crippen molar-refractivity contribution in [1.82, 2.24) is 5.32 Å². The molecule has 0 aliphatic carbocycles. The van der Waals surface area contributed by atoms with Crippen LogP contribution in [0.2, 0.25) is 0 Å². The van der Waals surface area contributed by atoms with E-state index in [1.807, 2.05) is 48.5 Å². The van der Waals surface area contributed by atoms with Crippen molar-refractivity contribution in [2.75, 3.05) is 0 Å². The zero-order chi connectivity index (χ0) is 16.9. The van der Waals surface area contributed by atoms with Gasteiger partial charge in [-0.2, -0.15) is 0 Å². The first-order valence-corrected chi connectivity index (χ1v) is 9.37. The second-order valence-electron chi connectivity index (χ2n) is 6.57. The normalized spacial score (nSPS) is 22.1. The molecule has 1 aliphatic rings. The zero-order valence-electron chi connectivity index (χ0n) is 13.9. The van der Waals surface area contributed by atoms with E-state index in [9.17, 15) is 5.11 Å². The quantitative estimate of drug-likeness (QED) is 0.738. The third-order valence-electron chi connectivity index (χ3n) is 4.53. The van der Waals surface area contributed by atoms with E-state index in [-0.39, 0.29) is 0 Å². The molecule has 0 saturated carbocycles. The van der Waals surface area contributed by atoms with Crippen LogP contribution in [0.3, 0.4) is 0 Å². The lowest BCUT2D eigenvalue weighted by atomic mass is 9.93. The van der Waals surface area contributed by atoms with Crippen molar-refractivity contribution in [2.24, 2.45) is 0 Å². The maximum atomic E-state index is 10.5. The molecule has 0 aromatic heterocycles. The maximum absolute atomic E-state index is 10.5. The van der Waals surface area contributed by atoms with Gasteiger partial charge in [-0.1, -0.05) is 34.5 Å². The van der Waals surface area contributed by atoms with Crippen molar-refractivity contribution in [3.05, 3.63) is 58.6 Å². The number of rotatable bonds is 5. The molecule has 1 fully saturated rings. The van der Waals surface area contributed by atoms with Crippen molar-refractivity contribution in [3.8, 4) is 11.5 Å². The third-order valence-corrected chi connectivity index (χ3v) is 5.06. The highest BCUT2D eigenvalue weighted by Gasteiger charge is 2.21. The summed E-state index contributed by atoms with van der Waals surface area (Å²) in [7, 11) is 0. The van der Waals surface area contributed by atoms with E-state index in [4.69, 9.17) is 4.74 Å². The maximum Gasteiger partial charge on any atom is 0.127 e. The fourth-order valence-electron chi connectivity index (χ4n) is 3.23.